The van der Waals surface area contributed by atoms with E-state index >= 15 is 0 Å². The largest absolute Gasteiger partial charge is 0.389 e. The summed E-state index contributed by atoms with van der Waals surface area (Å²) in [6, 6.07) is 0.0140. The van der Waals surface area contributed by atoms with Crippen molar-refractivity contribution in [3.63, 3.8) is 0 Å². The van der Waals surface area contributed by atoms with E-state index in [2.05, 4.69) is 10.2 Å². The Kier molecular flexibility index (Phi) is 6.38. The lowest BCUT2D eigenvalue weighted by atomic mass is 10.0. The molecule has 0 aliphatic carbocycles. The van der Waals surface area contributed by atoms with Crippen LogP contribution in [-0.2, 0) is 4.74 Å². The molecule has 1 rings (SSSR count). The third-order valence-electron chi connectivity index (χ3n) is 3.19. The third kappa shape index (κ3) is 6.02. The van der Waals surface area contributed by atoms with E-state index in [1.54, 1.807) is 0 Å². The van der Waals surface area contributed by atoms with Gasteiger partial charge in [-0.2, -0.15) is 13.2 Å². The summed E-state index contributed by atoms with van der Waals surface area (Å²) in [6.07, 6.45) is -4.10. The second kappa shape index (κ2) is 7.31. The number of hydrogen-bond acceptors (Lipinski definition) is 3. The molecule has 0 bridgehead atoms. The fraction of sp³-hybridized carbons (Fsp3) is 1.00. The molecule has 1 aliphatic heterocycles. The summed E-state index contributed by atoms with van der Waals surface area (Å²) in [5.41, 5.74) is 0. The van der Waals surface area contributed by atoms with Gasteiger partial charge in [-0.15, -0.1) is 0 Å². The van der Waals surface area contributed by atoms with Gasteiger partial charge in [0.05, 0.1) is 12.7 Å². The van der Waals surface area contributed by atoms with Gasteiger partial charge >= 0.3 is 6.18 Å². The highest BCUT2D eigenvalue weighted by atomic mass is 19.4. The van der Waals surface area contributed by atoms with Gasteiger partial charge in [0.1, 0.15) is 0 Å². The van der Waals surface area contributed by atoms with Crippen molar-refractivity contribution in [2.24, 2.45) is 0 Å². The SMILES string of the molecule is CCNC(CCCC(F)(F)F)C1CN(C)CCO1. The molecule has 1 aliphatic rings. The highest BCUT2D eigenvalue weighted by Crippen LogP contribution is 2.23. The van der Waals surface area contributed by atoms with E-state index in [9.17, 15) is 13.2 Å². The van der Waals surface area contributed by atoms with Gasteiger partial charge in [0.15, 0.2) is 0 Å². The summed E-state index contributed by atoms with van der Waals surface area (Å²) in [7, 11) is 2.01. The van der Waals surface area contributed by atoms with E-state index in [4.69, 9.17) is 4.74 Å². The maximum Gasteiger partial charge on any atom is 0.389 e. The van der Waals surface area contributed by atoms with Crippen LogP contribution in [0.25, 0.3) is 0 Å². The van der Waals surface area contributed by atoms with E-state index in [1.807, 2.05) is 14.0 Å². The number of likely N-dealkylation sites (N-methyl/N-ethyl adjacent to an activating group) is 2. The monoisotopic (exact) mass is 268 g/mol. The Labute approximate surface area is 107 Å². The standard InChI is InChI=1S/C12H23F3N2O/c1-3-16-10(5-4-6-12(13,14)15)11-9-17(2)7-8-18-11/h10-11,16H,3-9H2,1-2H3. The molecule has 6 heteroatoms. The Bertz CT molecular complexity index is 236. The van der Waals surface area contributed by atoms with Crippen LogP contribution < -0.4 is 5.32 Å². The van der Waals surface area contributed by atoms with Crippen LogP contribution in [0.5, 0.6) is 0 Å². The van der Waals surface area contributed by atoms with E-state index in [-0.39, 0.29) is 18.6 Å². The lowest BCUT2D eigenvalue weighted by molar-refractivity contribution is -0.136. The third-order valence-corrected chi connectivity index (χ3v) is 3.19. The summed E-state index contributed by atoms with van der Waals surface area (Å²) < 4.78 is 42.1. The molecular formula is C12H23F3N2O. The number of nitrogens with one attached hydrogen (secondary N) is 1. The van der Waals surface area contributed by atoms with Gasteiger partial charge in [0.25, 0.3) is 0 Å². The number of morpholine rings is 1. The number of halogens is 3. The fourth-order valence-electron chi connectivity index (χ4n) is 2.26. The van der Waals surface area contributed by atoms with Gasteiger partial charge in [-0.25, -0.2) is 0 Å². The number of ether oxygens (including phenoxy) is 1. The van der Waals surface area contributed by atoms with Crippen molar-refractivity contribution in [2.75, 3.05) is 33.3 Å². The minimum Gasteiger partial charge on any atom is -0.374 e. The molecule has 2 unspecified atom stereocenters. The molecule has 0 amide bonds. The molecule has 1 saturated heterocycles. The maximum atomic E-state index is 12.1. The number of hydrogen-bond donors (Lipinski definition) is 1. The first-order valence-corrected chi connectivity index (χ1v) is 6.52. The summed E-state index contributed by atoms with van der Waals surface area (Å²) in [6.45, 7) is 5.04. The molecule has 0 aromatic rings. The molecule has 0 aromatic heterocycles. The van der Waals surface area contributed by atoms with Gasteiger partial charge in [-0.3, -0.25) is 0 Å². The van der Waals surface area contributed by atoms with Crippen LogP contribution >= 0.6 is 0 Å². The van der Waals surface area contributed by atoms with Crippen LogP contribution in [0.1, 0.15) is 26.2 Å². The van der Waals surface area contributed by atoms with E-state index in [0.717, 1.165) is 19.6 Å². The summed E-state index contributed by atoms with van der Waals surface area (Å²) >= 11 is 0. The zero-order valence-corrected chi connectivity index (χ0v) is 11.1. The molecule has 1 heterocycles. The molecule has 1 fully saturated rings. The summed E-state index contributed by atoms with van der Waals surface area (Å²) in [5.74, 6) is 0. The molecule has 18 heavy (non-hydrogen) atoms. The minimum atomic E-state index is -4.05. The van der Waals surface area contributed by atoms with Crippen molar-refractivity contribution in [1.82, 2.24) is 10.2 Å². The zero-order valence-electron chi connectivity index (χ0n) is 11.1. The molecule has 0 spiro atoms. The lowest BCUT2D eigenvalue weighted by Gasteiger charge is -2.35. The Balaban J connectivity index is 2.38. The summed E-state index contributed by atoms with van der Waals surface area (Å²) in [5, 5.41) is 3.24. The Morgan fingerprint density at radius 1 is 1.44 bits per heavy atom. The molecule has 1 N–H and O–H groups in total. The molecule has 0 saturated carbocycles. The average Bonchev–Trinajstić information content (AvgIpc) is 2.26. The molecule has 0 radical (unpaired) electrons. The second-order valence-electron chi connectivity index (χ2n) is 4.84. The summed E-state index contributed by atoms with van der Waals surface area (Å²) in [4.78, 5) is 2.16. The van der Waals surface area contributed by atoms with Gasteiger partial charge in [-0.1, -0.05) is 6.92 Å². The van der Waals surface area contributed by atoms with Crippen molar-refractivity contribution >= 4 is 0 Å². The second-order valence-corrected chi connectivity index (χ2v) is 4.84. The smallest absolute Gasteiger partial charge is 0.374 e. The lowest BCUT2D eigenvalue weighted by Crippen LogP contribution is -2.51. The van der Waals surface area contributed by atoms with Gasteiger partial charge in [0.2, 0.25) is 0 Å². The minimum absolute atomic E-state index is 0.00284. The normalized spacial score (nSPS) is 24.2. The number of alkyl halides is 3. The van der Waals surface area contributed by atoms with Crippen LogP contribution in [0.15, 0.2) is 0 Å². The molecule has 3 nitrogen and oxygen atoms in total. The van der Waals surface area contributed by atoms with E-state index in [0.29, 0.717) is 13.0 Å². The Morgan fingerprint density at radius 2 is 2.17 bits per heavy atom. The Morgan fingerprint density at radius 3 is 2.72 bits per heavy atom. The van der Waals surface area contributed by atoms with Gasteiger partial charge in [-0.05, 0) is 26.4 Å². The van der Waals surface area contributed by atoms with E-state index in [1.165, 1.54) is 0 Å². The molecular weight excluding hydrogens is 245 g/mol. The molecule has 108 valence electrons. The van der Waals surface area contributed by atoms with E-state index < -0.39 is 12.6 Å². The number of rotatable bonds is 6. The maximum absolute atomic E-state index is 12.1. The van der Waals surface area contributed by atoms with Crippen molar-refractivity contribution in [3.05, 3.63) is 0 Å². The first-order valence-electron chi connectivity index (χ1n) is 6.52. The van der Waals surface area contributed by atoms with Crippen molar-refractivity contribution in [2.45, 2.75) is 44.5 Å². The first-order chi connectivity index (χ1) is 8.42. The molecule has 0 aromatic carbocycles. The predicted molar refractivity (Wildman–Crippen MR) is 64.6 cm³/mol. The number of nitrogens with zero attached hydrogens (tertiary/aromatic N) is 1. The van der Waals surface area contributed by atoms with Gasteiger partial charge < -0.3 is 15.0 Å². The highest BCUT2D eigenvalue weighted by Gasteiger charge is 2.29. The quantitative estimate of drug-likeness (QED) is 0.797. The highest BCUT2D eigenvalue weighted by molar-refractivity contribution is 4.82. The fourth-order valence-corrected chi connectivity index (χ4v) is 2.26. The van der Waals surface area contributed by atoms with Crippen LogP contribution in [-0.4, -0.2) is 56.5 Å². The van der Waals surface area contributed by atoms with Gasteiger partial charge in [0, 0.05) is 25.6 Å². The topological polar surface area (TPSA) is 24.5 Å². The van der Waals surface area contributed by atoms with Crippen LogP contribution in [0.4, 0.5) is 13.2 Å². The first kappa shape index (κ1) is 15.7. The van der Waals surface area contributed by atoms with Crippen molar-refractivity contribution in [1.29, 1.82) is 0 Å². The Hall–Kier alpha value is -0.330. The van der Waals surface area contributed by atoms with Crippen molar-refractivity contribution in [3.8, 4) is 0 Å². The van der Waals surface area contributed by atoms with Crippen LogP contribution in [0, 0.1) is 0 Å². The average molecular weight is 268 g/mol. The predicted octanol–water partition coefficient (Wildman–Crippen LogP) is 2.03. The van der Waals surface area contributed by atoms with Crippen LogP contribution in [0.2, 0.25) is 0 Å². The van der Waals surface area contributed by atoms with Crippen LogP contribution in [0.3, 0.4) is 0 Å². The van der Waals surface area contributed by atoms with Crippen molar-refractivity contribution < 1.29 is 17.9 Å². The zero-order chi connectivity index (χ0) is 13.6. The molecule has 2 atom stereocenters.